The summed E-state index contributed by atoms with van der Waals surface area (Å²) in [4.78, 5) is 16.4. The van der Waals surface area contributed by atoms with Gasteiger partial charge in [-0.15, -0.1) is 4.40 Å². The van der Waals surface area contributed by atoms with Gasteiger partial charge in [-0.3, -0.25) is 9.69 Å². The Morgan fingerprint density at radius 1 is 1.07 bits per heavy atom. The Morgan fingerprint density at radius 3 is 2.30 bits per heavy atom. The molecule has 0 aromatic heterocycles. The van der Waals surface area contributed by atoms with Gasteiger partial charge in [-0.1, -0.05) is 34.1 Å². The standard InChI is InChI=1S/C18H16BrN3O3S2/c1-21(2)12-16-17(23)22(14-6-4-3-5-7-14)18(26-16)20-27(24,25)15-10-8-13(19)9-11-15/h3-12H,1-2H3/b16-12+,20-18+. The zero-order valence-electron chi connectivity index (χ0n) is 14.5. The van der Waals surface area contributed by atoms with Crippen molar-refractivity contribution in [3.05, 3.63) is 70.2 Å². The average molecular weight is 466 g/mol. The van der Waals surface area contributed by atoms with E-state index in [2.05, 4.69) is 20.3 Å². The zero-order chi connectivity index (χ0) is 19.6. The molecule has 1 fully saturated rings. The lowest BCUT2D eigenvalue weighted by atomic mass is 10.3. The summed E-state index contributed by atoms with van der Waals surface area (Å²) >= 11 is 4.31. The minimum atomic E-state index is -3.97. The topological polar surface area (TPSA) is 70.1 Å². The van der Waals surface area contributed by atoms with E-state index in [1.807, 2.05) is 6.07 Å². The highest BCUT2D eigenvalue weighted by Crippen LogP contribution is 2.35. The number of hydrogen-bond acceptors (Lipinski definition) is 5. The maximum absolute atomic E-state index is 12.8. The van der Waals surface area contributed by atoms with Gasteiger partial charge in [0.15, 0.2) is 5.17 Å². The van der Waals surface area contributed by atoms with Gasteiger partial charge in [-0.2, -0.15) is 8.42 Å². The van der Waals surface area contributed by atoms with Gasteiger partial charge < -0.3 is 4.90 Å². The number of para-hydroxylation sites is 1. The Hall–Kier alpha value is -2.10. The molecule has 0 saturated carbocycles. The minimum Gasteiger partial charge on any atom is -0.382 e. The van der Waals surface area contributed by atoms with E-state index in [1.165, 1.54) is 17.0 Å². The van der Waals surface area contributed by atoms with Crippen molar-refractivity contribution in [2.24, 2.45) is 4.40 Å². The number of carbonyl (C=O) groups is 1. The second kappa shape index (κ2) is 7.87. The third-order valence-corrected chi connectivity index (χ3v) is 6.39. The summed E-state index contributed by atoms with van der Waals surface area (Å²) in [5.41, 5.74) is 0.557. The van der Waals surface area contributed by atoms with E-state index >= 15 is 0 Å². The van der Waals surface area contributed by atoms with Crippen LogP contribution in [0.3, 0.4) is 0 Å². The molecule has 0 N–H and O–H groups in total. The first-order valence-electron chi connectivity index (χ1n) is 7.84. The fraction of sp³-hybridized carbons (Fsp3) is 0.111. The molecule has 1 saturated heterocycles. The second-order valence-corrected chi connectivity index (χ2v) is 9.37. The van der Waals surface area contributed by atoms with Crippen LogP contribution in [0.1, 0.15) is 0 Å². The lowest BCUT2D eigenvalue weighted by molar-refractivity contribution is -0.113. The molecular formula is C18H16BrN3O3S2. The molecule has 0 radical (unpaired) electrons. The van der Waals surface area contributed by atoms with E-state index < -0.39 is 10.0 Å². The molecule has 0 aliphatic carbocycles. The molecular weight excluding hydrogens is 450 g/mol. The number of carbonyl (C=O) groups excluding carboxylic acids is 1. The quantitative estimate of drug-likeness (QED) is 0.644. The van der Waals surface area contributed by atoms with Crippen LogP contribution in [-0.4, -0.2) is 38.5 Å². The molecule has 2 aromatic carbocycles. The van der Waals surface area contributed by atoms with Gasteiger partial charge in [0.2, 0.25) is 0 Å². The Balaban J connectivity index is 2.08. The molecule has 2 aromatic rings. The monoisotopic (exact) mass is 465 g/mol. The summed E-state index contributed by atoms with van der Waals surface area (Å²) in [6, 6.07) is 15.0. The molecule has 1 aliphatic rings. The first-order valence-corrected chi connectivity index (χ1v) is 10.9. The predicted molar refractivity (Wildman–Crippen MR) is 112 cm³/mol. The SMILES string of the molecule is CN(C)/C=C1/S/C(=N/S(=O)(=O)c2ccc(Br)cc2)N(c2ccccc2)C1=O. The fourth-order valence-corrected chi connectivity index (χ4v) is 4.83. The van der Waals surface area contributed by atoms with Crippen LogP contribution in [0.5, 0.6) is 0 Å². The van der Waals surface area contributed by atoms with Crippen molar-refractivity contribution in [1.29, 1.82) is 0 Å². The molecule has 27 heavy (non-hydrogen) atoms. The Labute approximate surface area is 170 Å². The third kappa shape index (κ3) is 4.42. The van der Waals surface area contributed by atoms with Crippen LogP contribution in [0.2, 0.25) is 0 Å². The Morgan fingerprint density at radius 2 is 1.70 bits per heavy atom. The molecule has 1 amide bonds. The summed E-state index contributed by atoms with van der Waals surface area (Å²) < 4.78 is 30.2. The van der Waals surface area contributed by atoms with Crippen LogP contribution in [0.25, 0.3) is 0 Å². The van der Waals surface area contributed by atoms with Gasteiger partial charge in [0.25, 0.3) is 15.9 Å². The van der Waals surface area contributed by atoms with Crippen molar-refractivity contribution in [3.63, 3.8) is 0 Å². The van der Waals surface area contributed by atoms with Gasteiger partial charge in [0, 0.05) is 24.8 Å². The highest BCUT2D eigenvalue weighted by Gasteiger charge is 2.36. The molecule has 0 bridgehead atoms. The molecule has 0 atom stereocenters. The lowest BCUT2D eigenvalue weighted by Crippen LogP contribution is -2.29. The first kappa shape index (κ1) is 19.7. The molecule has 6 nitrogen and oxygen atoms in total. The number of amides is 1. The number of anilines is 1. The van der Waals surface area contributed by atoms with E-state index in [0.717, 1.165) is 16.2 Å². The van der Waals surface area contributed by atoms with Gasteiger partial charge in [-0.05, 0) is 48.2 Å². The molecule has 3 rings (SSSR count). The lowest BCUT2D eigenvalue weighted by Gasteiger charge is -2.15. The van der Waals surface area contributed by atoms with Crippen molar-refractivity contribution < 1.29 is 13.2 Å². The molecule has 1 aliphatic heterocycles. The average Bonchev–Trinajstić information content (AvgIpc) is 2.90. The maximum Gasteiger partial charge on any atom is 0.284 e. The Kier molecular flexibility index (Phi) is 5.73. The van der Waals surface area contributed by atoms with Crippen LogP contribution >= 0.6 is 27.7 Å². The summed E-state index contributed by atoms with van der Waals surface area (Å²) in [5.74, 6) is -0.315. The molecule has 0 spiro atoms. The number of sulfonamides is 1. The largest absolute Gasteiger partial charge is 0.382 e. The van der Waals surface area contributed by atoms with Crippen LogP contribution in [0.4, 0.5) is 5.69 Å². The number of nitrogens with zero attached hydrogens (tertiary/aromatic N) is 3. The fourth-order valence-electron chi connectivity index (χ4n) is 2.33. The number of thioether (sulfide) groups is 1. The van der Waals surface area contributed by atoms with Gasteiger partial charge in [0.05, 0.1) is 15.5 Å². The highest BCUT2D eigenvalue weighted by molar-refractivity contribution is 9.10. The van der Waals surface area contributed by atoms with E-state index in [-0.39, 0.29) is 16.0 Å². The number of rotatable bonds is 4. The normalized spacial score (nSPS) is 17.7. The summed E-state index contributed by atoms with van der Waals surface area (Å²) in [7, 11) is -0.379. The van der Waals surface area contributed by atoms with Gasteiger partial charge in [-0.25, -0.2) is 0 Å². The van der Waals surface area contributed by atoms with Crippen LogP contribution in [0, 0.1) is 0 Å². The Bertz CT molecular complexity index is 1020. The third-order valence-electron chi connectivity index (χ3n) is 3.51. The van der Waals surface area contributed by atoms with Crippen molar-refractivity contribution in [1.82, 2.24) is 4.90 Å². The van der Waals surface area contributed by atoms with Crippen molar-refractivity contribution in [2.75, 3.05) is 19.0 Å². The summed E-state index contributed by atoms with van der Waals surface area (Å²) in [6.45, 7) is 0. The number of benzene rings is 2. The molecule has 140 valence electrons. The van der Waals surface area contributed by atoms with E-state index in [9.17, 15) is 13.2 Å². The van der Waals surface area contributed by atoms with E-state index in [1.54, 1.807) is 61.6 Å². The number of amidine groups is 1. The van der Waals surface area contributed by atoms with Gasteiger partial charge >= 0.3 is 0 Å². The maximum atomic E-state index is 12.8. The van der Waals surface area contributed by atoms with Crippen molar-refractivity contribution in [2.45, 2.75) is 4.90 Å². The summed E-state index contributed by atoms with van der Waals surface area (Å²) in [6.07, 6.45) is 1.65. The van der Waals surface area contributed by atoms with E-state index in [4.69, 9.17) is 0 Å². The van der Waals surface area contributed by atoms with Crippen molar-refractivity contribution in [3.8, 4) is 0 Å². The van der Waals surface area contributed by atoms with Crippen LogP contribution < -0.4 is 4.90 Å². The zero-order valence-corrected chi connectivity index (χ0v) is 17.8. The molecule has 9 heteroatoms. The second-order valence-electron chi connectivity index (χ2n) is 5.84. The molecule has 0 unspecified atom stereocenters. The smallest absolute Gasteiger partial charge is 0.284 e. The first-order chi connectivity index (χ1) is 12.8. The molecule has 1 heterocycles. The minimum absolute atomic E-state index is 0.0595. The highest BCUT2D eigenvalue weighted by atomic mass is 79.9. The van der Waals surface area contributed by atoms with Crippen LogP contribution in [0.15, 0.2) is 79.5 Å². The predicted octanol–water partition coefficient (Wildman–Crippen LogP) is 3.68. The van der Waals surface area contributed by atoms with Crippen LogP contribution in [-0.2, 0) is 14.8 Å². The van der Waals surface area contributed by atoms with Gasteiger partial charge in [0.1, 0.15) is 0 Å². The number of hydrogen-bond donors (Lipinski definition) is 0. The van der Waals surface area contributed by atoms with Crippen molar-refractivity contribution >= 4 is 54.5 Å². The number of halogens is 1. The van der Waals surface area contributed by atoms with E-state index in [0.29, 0.717) is 10.6 Å². The summed E-state index contributed by atoms with van der Waals surface area (Å²) in [5, 5.41) is 0.0993.